The smallest absolute Gasteiger partial charge is 0.258 e. The third kappa shape index (κ3) is 2.08. The van der Waals surface area contributed by atoms with Crippen molar-refractivity contribution in [3.63, 3.8) is 0 Å². The van der Waals surface area contributed by atoms with Gasteiger partial charge in [-0.2, -0.15) is 0 Å². The first-order valence-electron chi connectivity index (χ1n) is 4.98. The second-order valence-electron chi connectivity index (χ2n) is 3.67. The molecular formula is C13H11NO2. The molecule has 0 amide bonds. The number of benzene rings is 2. The summed E-state index contributed by atoms with van der Waals surface area (Å²) in [7, 11) is 0. The zero-order valence-electron chi connectivity index (χ0n) is 8.88. The molecule has 0 aliphatic carbocycles. The molecule has 2 aromatic rings. The Balaban J connectivity index is 2.38. The van der Waals surface area contributed by atoms with Gasteiger partial charge in [0, 0.05) is 12.1 Å². The van der Waals surface area contributed by atoms with E-state index in [1.165, 1.54) is 17.7 Å². The van der Waals surface area contributed by atoms with E-state index >= 15 is 0 Å². The first kappa shape index (κ1) is 10.4. The molecule has 0 saturated carbocycles. The number of hydrogen-bond acceptors (Lipinski definition) is 2. The fourth-order valence-electron chi connectivity index (χ4n) is 1.60. The maximum Gasteiger partial charge on any atom is 0.269 e. The first-order valence-corrected chi connectivity index (χ1v) is 4.98. The minimum atomic E-state index is -0.389. The molecule has 0 spiro atoms. The van der Waals surface area contributed by atoms with E-state index in [2.05, 4.69) is 6.07 Å². The predicted molar refractivity (Wildman–Crippen MR) is 63.3 cm³/mol. The Labute approximate surface area is 93.5 Å². The van der Waals surface area contributed by atoms with Crippen LogP contribution in [-0.4, -0.2) is 4.92 Å². The van der Waals surface area contributed by atoms with Crippen LogP contribution in [0.2, 0.25) is 0 Å². The lowest BCUT2D eigenvalue weighted by Crippen LogP contribution is -1.87. The van der Waals surface area contributed by atoms with Crippen molar-refractivity contribution in [1.29, 1.82) is 0 Å². The van der Waals surface area contributed by atoms with Crippen LogP contribution < -0.4 is 0 Å². The van der Waals surface area contributed by atoms with Gasteiger partial charge in [-0.1, -0.05) is 29.8 Å². The van der Waals surface area contributed by atoms with E-state index in [9.17, 15) is 10.1 Å². The zero-order valence-corrected chi connectivity index (χ0v) is 8.88. The molecule has 0 aliphatic rings. The van der Waals surface area contributed by atoms with Gasteiger partial charge in [-0.05, 0) is 30.2 Å². The Morgan fingerprint density at radius 2 is 1.69 bits per heavy atom. The van der Waals surface area contributed by atoms with E-state index in [0.717, 1.165) is 11.1 Å². The van der Waals surface area contributed by atoms with Crippen molar-refractivity contribution < 1.29 is 4.92 Å². The van der Waals surface area contributed by atoms with Gasteiger partial charge in [0.05, 0.1) is 4.92 Å². The van der Waals surface area contributed by atoms with Gasteiger partial charge >= 0.3 is 0 Å². The van der Waals surface area contributed by atoms with Crippen molar-refractivity contribution in [1.82, 2.24) is 0 Å². The number of nitro groups is 1. The number of nitrogens with zero attached hydrogens (tertiary/aromatic N) is 1. The van der Waals surface area contributed by atoms with E-state index in [1.54, 1.807) is 12.1 Å². The van der Waals surface area contributed by atoms with Gasteiger partial charge in [0.2, 0.25) is 0 Å². The molecule has 2 aromatic carbocycles. The lowest BCUT2D eigenvalue weighted by molar-refractivity contribution is -0.384. The standard InChI is InChI=1S/C13H11NO2/c1-10-3-2-4-12(9-10)11-5-7-13(8-6-11)14(15)16/h2-9H,1H3. The van der Waals surface area contributed by atoms with Crippen LogP contribution in [0.4, 0.5) is 5.69 Å². The highest BCUT2D eigenvalue weighted by molar-refractivity contribution is 5.65. The monoisotopic (exact) mass is 213 g/mol. The summed E-state index contributed by atoms with van der Waals surface area (Å²) in [6.45, 7) is 2.02. The highest BCUT2D eigenvalue weighted by Crippen LogP contribution is 2.22. The number of aryl methyl sites for hydroxylation is 1. The minimum Gasteiger partial charge on any atom is -0.258 e. The lowest BCUT2D eigenvalue weighted by atomic mass is 10.0. The quantitative estimate of drug-likeness (QED) is 0.565. The Morgan fingerprint density at radius 3 is 2.25 bits per heavy atom. The summed E-state index contributed by atoms with van der Waals surface area (Å²) >= 11 is 0. The van der Waals surface area contributed by atoms with Gasteiger partial charge in [0.1, 0.15) is 0 Å². The van der Waals surface area contributed by atoms with Crippen LogP contribution in [0.5, 0.6) is 0 Å². The molecule has 2 rings (SSSR count). The van der Waals surface area contributed by atoms with Crippen molar-refractivity contribution in [2.75, 3.05) is 0 Å². The lowest BCUT2D eigenvalue weighted by Gasteiger charge is -2.02. The molecule has 0 unspecified atom stereocenters. The third-order valence-electron chi connectivity index (χ3n) is 2.43. The predicted octanol–water partition coefficient (Wildman–Crippen LogP) is 3.57. The van der Waals surface area contributed by atoms with Crippen LogP contribution in [0.15, 0.2) is 48.5 Å². The molecule has 0 fully saturated rings. The third-order valence-corrected chi connectivity index (χ3v) is 2.43. The van der Waals surface area contributed by atoms with Crippen molar-refractivity contribution in [3.05, 3.63) is 64.2 Å². The average Bonchev–Trinajstić information content (AvgIpc) is 2.29. The summed E-state index contributed by atoms with van der Waals surface area (Å²) in [5.41, 5.74) is 3.37. The molecule has 0 saturated heterocycles. The number of non-ortho nitro benzene ring substituents is 1. The van der Waals surface area contributed by atoms with Gasteiger partial charge in [-0.15, -0.1) is 0 Å². The second-order valence-corrected chi connectivity index (χ2v) is 3.67. The summed E-state index contributed by atoms with van der Waals surface area (Å²) in [5.74, 6) is 0. The number of rotatable bonds is 2. The topological polar surface area (TPSA) is 43.1 Å². The first-order chi connectivity index (χ1) is 7.66. The average molecular weight is 213 g/mol. The molecule has 0 radical (unpaired) electrons. The Hall–Kier alpha value is -2.16. The second kappa shape index (κ2) is 4.14. The van der Waals surface area contributed by atoms with E-state index in [4.69, 9.17) is 0 Å². The maximum atomic E-state index is 10.5. The van der Waals surface area contributed by atoms with Crippen LogP contribution in [0, 0.1) is 17.0 Å². The summed E-state index contributed by atoms with van der Waals surface area (Å²) in [5, 5.41) is 10.5. The van der Waals surface area contributed by atoms with Crippen molar-refractivity contribution in [3.8, 4) is 11.1 Å². The molecule has 3 nitrogen and oxygen atoms in total. The Kier molecular flexibility index (Phi) is 2.68. The summed E-state index contributed by atoms with van der Waals surface area (Å²) in [6.07, 6.45) is 0. The highest BCUT2D eigenvalue weighted by atomic mass is 16.6. The molecule has 3 heteroatoms. The number of hydrogen-bond donors (Lipinski definition) is 0. The summed E-state index contributed by atoms with van der Waals surface area (Å²) in [6, 6.07) is 14.6. The molecule has 0 N–H and O–H groups in total. The number of nitro benzene ring substituents is 1. The van der Waals surface area contributed by atoms with Gasteiger partial charge in [-0.25, -0.2) is 0 Å². The van der Waals surface area contributed by atoms with Crippen LogP contribution in [0.1, 0.15) is 5.56 Å². The van der Waals surface area contributed by atoms with Gasteiger partial charge in [0.15, 0.2) is 0 Å². The molecule has 0 heterocycles. The molecular weight excluding hydrogens is 202 g/mol. The largest absolute Gasteiger partial charge is 0.269 e. The van der Waals surface area contributed by atoms with E-state index in [0.29, 0.717) is 0 Å². The molecule has 0 atom stereocenters. The normalized spacial score (nSPS) is 10.1. The van der Waals surface area contributed by atoms with E-state index in [1.807, 2.05) is 25.1 Å². The fraction of sp³-hybridized carbons (Fsp3) is 0.0769. The van der Waals surface area contributed by atoms with Crippen LogP contribution in [0.25, 0.3) is 11.1 Å². The Morgan fingerprint density at radius 1 is 1.00 bits per heavy atom. The van der Waals surface area contributed by atoms with Crippen molar-refractivity contribution >= 4 is 5.69 Å². The van der Waals surface area contributed by atoms with E-state index in [-0.39, 0.29) is 10.6 Å². The fourth-order valence-corrected chi connectivity index (χ4v) is 1.60. The summed E-state index contributed by atoms with van der Waals surface area (Å²) in [4.78, 5) is 10.1. The SMILES string of the molecule is Cc1cccc(-c2ccc([N+](=O)[O-])cc2)c1. The molecule has 16 heavy (non-hydrogen) atoms. The van der Waals surface area contributed by atoms with E-state index < -0.39 is 0 Å². The molecule has 80 valence electrons. The van der Waals surface area contributed by atoms with Crippen molar-refractivity contribution in [2.24, 2.45) is 0 Å². The van der Waals surface area contributed by atoms with Gasteiger partial charge < -0.3 is 0 Å². The van der Waals surface area contributed by atoms with Crippen LogP contribution in [0.3, 0.4) is 0 Å². The van der Waals surface area contributed by atoms with Crippen LogP contribution >= 0.6 is 0 Å². The van der Waals surface area contributed by atoms with Crippen molar-refractivity contribution in [2.45, 2.75) is 6.92 Å². The Bertz CT molecular complexity index is 518. The van der Waals surface area contributed by atoms with Crippen LogP contribution in [-0.2, 0) is 0 Å². The molecule has 0 aromatic heterocycles. The zero-order chi connectivity index (χ0) is 11.5. The highest BCUT2D eigenvalue weighted by Gasteiger charge is 2.04. The molecule has 0 bridgehead atoms. The van der Waals surface area contributed by atoms with Gasteiger partial charge in [0.25, 0.3) is 5.69 Å². The summed E-state index contributed by atoms with van der Waals surface area (Å²) < 4.78 is 0. The minimum absolute atomic E-state index is 0.122. The van der Waals surface area contributed by atoms with Gasteiger partial charge in [-0.3, -0.25) is 10.1 Å². The molecule has 0 aliphatic heterocycles. The maximum absolute atomic E-state index is 10.5.